The number of allylic oxidation sites excluding steroid dienone is 1. The second-order valence-electron chi connectivity index (χ2n) is 1.88. The highest BCUT2D eigenvalue weighted by Crippen LogP contribution is 2.05. The summed E-state index contributed by atoms with van der Waals surface area (Å²) >= 11 is 0. The zero-order valence-electron chi connectivity index (χ0n) is 4.85. The van der Waals surface area contributed by atoms with Crippen LogP contribution in [0.1, 0.15) is 6.92 Å². The number of carbonyl (C=O) groups excluding carboxylic acids is 1. The average Bonchev–Trinajstić information content (AvgIpc) is 1.79. The fourth-order valence-corrected chi connectivity index (χ4v) is 0.691. The standard InChI is InChI=1S/C6H9NO/c1-2-3-5-4-7-6(5)8/h2-3,5H,4H2,1H3,(H,7,8). The summed E-state index contributed by atoms with van der Waals surface area (Å²) in [5, 5.41) is 2.65. The third-order valence-corrected chi connectivity index (χ3v) is 1.26. The summed E-state index contributed by atoms with van der Waals surface area (Å²) in [7, 11) is 0. The average molecular weight is 111 g/mol. The van der Waals surface area contributed by atoms with Crippen molar-refractivity contribution < 1.29 is 4.79 Å². The van der Waals surface area contributed by atoms with Crippen LogP contribution >= 0.6 is 0 Å². The topological polar surface area (TPSA) is 29.1 Å². The van der Waals surface area contributed by atoms with E-state index in [1.165, 1.54) is 0 Å². The van der Waals surface area contributed by atoms with Crippen LogP contribution in [0.5, 0.6) is 0 Å². The maximum absolute atomic E-state index is 10.5. The highest BCUT2D eigenvalue weighted by atomic mass is 16.2. The molecule has 1 atom stereocenters. The predicted octanol–water partition coefficient (Wildman–Crippen LogP) is 0.309. The molecule has 1 aliphatic rings. The van der Waals surface area contributed by atoms with Gasteiger partial charge in [0.25, 0.3) is 0 Å². The highest BCUT2D eigenvalue weighted by molar-refractivity contribution is 5.86. The Morgan fingerprint density at radius 3 is 2.75 bits per heavy atom. The van der Waals surface area contributed by atoms with Crippen molar-refractivity contribution in [2.45, 2.75) is 6.92 Å². The zero-order valence-corrected chi connectivity index (χ0v) is 4.85. The Bertz CT molecular complexity index is 128. The first kappa shape index (κ1) is 5.35. The number of rotatable bonds is 1. The monoisotopic (exact) mass is 111 g/mol. The summed E-state index contributed by atoms with van der Waals surface area (Å²) in [6.07, 6.45) is 3.82. The SMILES string of the molecule is CC=CC1CNC1=O. The van der Waals surface area contributed by atoms with Gasteiger partial charge in [0.1, 0.15) is 0 Å². The van der Waals surface area contributed by atoms with Crippen molar-refractivity contribution in [2.75, 3.05) is 6.54 Å². The molecule has 1 rings (SSSR count). The molecule has 0 radical (unpaired) electrons. The first-order valence-corrected chi connectivity index (χ1v) is 2.75. The minimum absolute atomic E-state index is 0.156. The number of carbonyl (C=O) groups is 1. The lowest BCUT2D eigenvalue weighted by molar-refractivity contribution is -0.129. The molecule has 0 saturated carbocycles. The van der Waals surface area contributed by atoms with Crippen molar-refractivity contribution in [2.24, 2.45) is 5.92 Å². The fourth-order valence-electron chi connectivity index (χ4n) is 0.691. The van der Waals surface area contributed by atoms with E-state index in [4.69, 9.17) is 0 Å². The molecule has 1 fully saturated rings. The van der Waals surface area contributed by atoms with Crippen LogP contribution in [-0.4, -0.2) is 12.5 Å². The van der Waals surface area contributed by atoms with Crippen LogP contribution < -0.4 is 5.32 Å². The molecule has 0 bridgehead atoms. The largest absolute Gasteiger partial charge is 0.354 e. The van der Waals surface area contributed by atoms with Crippen LogP contribution in [0.2, 0.25) is 0 Å². The molecule has 2 nitrogen and oxygen atoms in total. The number of amides is 1. The molecule has 0 aromatic carbocycles. The molecule has 1 N–H and O–H groups in total. The minimum atomic E-state index is 0.156. The van der Waals surface area contributed by atoms with Gasteiger partial charge in [0.2, 0.25) is 5.91 Å². The van der Waals surface area contributed by atoms with E-state index >= 15 is 0 Å². The van der Waals surface area contributed by atoms with Crippen molar-refractivity contribution in [1.29, 1.82) is 0 Å². The molecule has 1 aliphatic heterocycles. The maximum atomic E-state index is 10.5. The highest BCUT2D eigenvalue weighted by Gasteiger charge is 2.23. The molecule has 8 heavy (non-hydrogen) atoms. The van der Waals surface area contributed by atoms with Gasteiger partial charge in [-0.3, -0.25) is 4.79 Å². The van der Waals surface area contributed by atoms with Crippen molar-refractivity contribution >= 4 is 5.91 Å². The summed E-state index contributed by atoms with van der Waals surface area (Å²) in [5.41, 5.74) is 0. The normalized spacial score (nSPS) is 27.6. The molecule has 44 valence electrons. The van der Waals surface area contributed by atoms with Gasteiger partial charge < -0.3 is 5.32 Å². The molecule has 1 unspecified atom stereocenters. The number of hydrogen-bond acceptors (Lipinski definition) is 1. The molecule has 0 spiro atoms. The lowest BCUT2D eigenvalue weighted by Gasteiger charge is -2.22. The lowest BCUT2D eigenvalue weighted by Crippen LogP contribution is -2.47. The molecular formula is C6H9NO. The van der Waals surface area contributed by atoms with E-state index in [0.717, 1.165) is 6.54 Å². The van der Waals surface area contributed by atoms with Gasteiger partial charge >= 0.3 is 0 Å². The van der Waals surface area contributed by atoms with Gasteiger partial charge in [0.05, 0.1) is 5.92 Å². The van der Waals surface area contributed by atoms with E-state index in [2.05, 4.69) is 5.32 Å². The van der Waals surface area contributed by atoms with Crippen molar-refractivity contribution in [3.8, 4) is 0 Å². The van der Waals surface area contributed by atoms with Gasteiger partial charge in [0, 0.05) is 6.54 Å². The van der Waals surface area contributed by atoms with E-state index < -0.39 is 0 Å². The minimum Gasteiger partial charge on any atom is -0.354 e. The Hall–Kier alpha value is -0.790. The lowest BCUT2D eigenvalue weighted by atomic mass is 10.0. The molecule has 1 amide bonds. The van der Waals surface area contributed by atoms with Crippen molar-refractivity contribution in [3.05, 3.63) is 12.2 Å². The Morgan fingerprint density at radius 1 is 1.88 bits per heavy atom. The first-order chi connectivity index (χ1) is 3.84. The van der Waals surface area contributed by atoms with Gasteiger partial charge in [-0.2, -0.15) is 0 Å². The molecule has 1 heterocycles. The number of β-lactam (4-membered cyclic amide) rings is 1. The van der Waals surface area contributed by atoms with Crippen molar-refractivity contribution in [1.82, 2.24) is 5.32 Å². The second-order valence-corrected chi connectivity index (χ2v) is 1.88. The third-order valence-electron chi connectivity index (χ3n) is 1.26. The van der Waals surface area contributed by atoms with Gasteiger partial charge in [-0.05, 0) is 6.92 Å². The summed E-state index contributed by atoms with van der Waals surface area (Å²) in [5.74, 6) is 0.322. The van der Waals surface area contributed by atoms with Crippen LogP contribution in [0.3, 0.4) is 0 Å². The maximum Gasteiger partial charge on any atom is 0.228 e. The van der Waals surface area contributed by atoms with E-state index in [1.807, 2.05) is 19.1 Å². The fraction of sp³-hybridized carbons (Fsp3) is 0.500. The van der Waals surface area contributed by atoms with Crippen LogP contribution in [0, 0.1) is 5.92 Å². The van der Waals surface area contributed by atoms with Crippen molar-refractivity contribution in [3.63, 3.8) is 0 Å². The Morgan fingerprint density at radius 2 is 2.62 bits per heavy atom. The van der Waals surface area contributed by atoms with E-state index in [-0.39, 0.29) is 11.8 Å². The van der Waals surface area contributed by atoms with E-state index in [1.54, 1.807) is 0 Å². The molecule has 0 aromatic rings. The third kappa shape index (κ3) is 0.735. The molecule has 2 heteroatoms. The Balaban J connectivity index is 2.38. The summed E-state index contributed by atoms with van der Waals surface area (Å²) in [6, 6.07) is 0. The van der Waals surface area contributed by atoms with Gasteiger partial charge in [0.15, 0.2) is 0 Å². The molecule has 0 aromatic heterocycles. The summed E-state index contributed by atoms with van der Waals surface area (Å²) in [4.78, 5) is 10.5. The quantitative estimate of drug-likeness (QED) is 0.383. The molecular weight excluding hydrogens is 102 g/mol. The summed E-state index contributed by atoms with van der Waals surface area (Å²) < 4.78 is 0. The van der Waals surface area contributed by atoms with Gasteiger partial charge in [-0.1, -0.05) is 12.2 Å². The number of hydrogen-bond donors (Lipinski definition) is 1. The van der Waals surface area contributed by atoms with E-state index in [0.29, 0.717) is 0 Å². The van der Waals surface area contributed by atoms with E-state index in [9.17, 15) is 4.79 Å². The second kappa shape index (κ2) is 1.99. The summed E-state index contributed by atoms with van der Waals surface area (Å²) in [6.45, 7) is 2.74. The van der Waals surface area contributed by atoms with Crippen LogP contribution in [0.25, 0.3) is 0 Å². The molecule has 1 saturated heterocycles. The Kier molecular flexibility index (Phi) is 1.33. The predicted molar refractivity (Wildman–Crippen MR) is 31.3 cm³/mol. The van der Waals surface area contributed by atoms with Crippen LogP contribution in [0.4, 0.5) is 0 Å². The van der Waals surface area contributed by atoms with Gasteiger partial charge in [-0.25, -0.2) is 0 Å². The van der Waals surface area contributed by atoms with Crippen LogP contribution in [-0.2, 0) is 4.79 Å². The molecule has 0 aliphatic carbocycles. The van der Waals surface area contributed by atoms with Gasteiger partial charge in [-0.15, -0.1) is 0 Å². The zero-order chi connectivity index (χ0) is 5.98. The Labute approximate surface area is 48.6 Å². The van der Waals surface area contributed by atoms with Crippen LogP contribution in [0.15, 0.2) is 12.2 Å². The number of nitrogens with one attached hydrogen (secondary N) is 1. The first-order valence-electron chi connectivity index (χ1n) is 2.75. The smallest absolute Gasteiger partial charge is 0.228 e.